The molecule has 0 aliphatic rings. The van der Waals surface area contributed by atoms with Crippen molar-refractivity contribution in [3.63, 3.8) is 0 Å². The third-order valence-corrected chi connectivity index (χ3v) is 2.86. The Kier molecular flexibility index (Phi) is 9.02. The number of nitrogens with zero attached hydrogens (tertiary/aromatic N) is 2. The van der Waals surface area contributed by atoms with Crippen molar-refractivity contribution in [2.75, 3.05) is 20.8 Å². The van der Waals surface area contributed by atoms with Crippen LogP contribution in [0.25, 0.3) is 0 Å². The predicted octanol–water partition coefficient (Wildman–Crippen LogP) is -1.22. The fourth-order valence-corrected chi connectivity index (χ4v) is 1.57. The number of ether oxygens (including phenoxy) is 1. The van der Waals surface area contributed by atoms with Gasteiger partial charge in [-0.2, -0.15) is 0 Å². The molecule has 0 spiro atoms. The summed E-state index contributed by atoms with van der Waals surface area (Å²) in [4.78, 5) is 32.6. The standard InChI is InChI=1S/C10H20N3O7P/c1-12-9(11)3-4-13(7-14)10(15)5-8(19-2)6-20-21(16,17)18/h3-4,7-8,10,15H,5-6H2,1-2H3,(H2,11,12)(H2,16,17,18)/b4-3-. The first-order valence-corrected chi connectivity index (χ1v) is 7.30. The van der Waals surface area contributed by atoms with Crippen LogP contribution in [0.15, 0.2) is 17.3 Å². The smallest absolute Gasteiger partial charge is 0.384 e. The van der Waals surface area contributed by atoms with Crippen LogP contribution in [0.4, 0.5) is 0 Å². The molecule has 0 aliphatic carbocycles. The van der Waals surface area contributed by atoms with E-state index in [-0.39, 0.29) is 12.3 Å². The number of aliphatic hydroxyl groups is 1. The molecule has 5 N–H and O–H groups in total. The highest BCUT2D eigenvalue weighted by Crippen LogP contribution is 2.36. The number of amidine groups is 1. The van der Waals surface area contributed by atoms with E-state index in [4.69, 9.17) is 20.3 Å². The SMILES string of the molecule is CN=C(N)/C=C\N(C=O)C(O)CC(COP(=O)(O)O)OC. The minimum absolute atomic E-state index is 0.122. The molecule has 0 saturated heterocycles. The number of aliphatic hydroxyl groups excluding tert-OH is 1. The van der Waals surface area contributed by atoms with Gasteiger partial charge in [-0.3, -0.25) is 19.2 Å². The quantitative estimate of drug-likeness (QED) is 0.128. The Balaban J connectivity index is 4.58. The van der Waals surface area contributed by atoms with Gasteiger partial charge in [0.05, 0.1) is 12.7 Å². The number of methoxy groups -OCH3 is 1. The van der Waals surface area contributed by atoms with Gasteiger partial charge in [0.2, 0.25) is 6.41 Å². The van der Waals surface area contributed by atoms with Gasteiger partial charge in [0.15, 0.2) is 0 Å². The van der Waals surface area contributed by atoms with Gasteiger partial charge in [0.1, 0.15) is 12.1 Å². The van der Waals surface area contributed by atoms with Gasteiger partial charge in [-0.15, -0.1) is 0 Å². The molecule has 11 heteroatoms. The molecule has 0 heterocycles. The Morgan fingerprint density at radius 1 is 1.52 bits per heavy atom. The summed E-state index contributed by atoms with van der Waals surface area (Å²) in [6.45, 7) is -0.438. The largest absolute Gasteiger partial charge is 0.469 e. The summed E-state index contributed by atoms with van der Waals surface area (Å²) in [6.07, 6.45) is 0.667. The van der Waals surface area contributed by atoms with Crippen LogP contribution in [-0.4, -0.2) is 65.1 Å². The summed E-state index contributed by atoms with van der Waals surface area (Å²) in [5, 5.41) is 9.86. The number of rotatable bonds is 10. The lowest BCUT2D eigenvalue weighted by atomic mass is 10.2. The molecule has 2 unspecified atom stereocenters. The van der Waals surface area contributed by atoms with Crippen LogP contribution in [-0.2, 0) is 18.6 Å². The number of phosphoric acid groups is 1. The molecule has 0 rings (SSSR count). The van der Waals surface area contributed by atoms with Crippen molar-refractivity contribution in [2.45, 2.75) is 18.8 Å². The number of carbonyl (C=O) groups is 1. The monoisotopic (exact) mass is 325 g/mol. The second kappa shape index (κ2) is 9.61. The van der Waals surface area contributed by atoms with E-state index in [9.17, 15) is 14.5 Å². The molecule has 0 aromatic heterocycles. The van der Waals surface area contributed by atoms with Crippen molar-refractivity contribution in [3.05, 3.63) is 12.3 Å². The van der Waals surface area contributed by atoms with E-state index < -0.39 is 26.8 Å². The number of nitrogens with two attached hydrogens (primary N) is 1. The molecule has 122 valence electrons. The Morgan fingerprint density at radius 3 is 2.57 bits per heavy atom. The molecule has 0 aromatic rings. The van der Waals surface area contributed by atoms with E-state index in [0.717, 1.165) is 4.90 Å². The van der Waals surface area contributed by atoms with Gasteiger partial charge in [0.25, 0.3) is 0 Å². The third kappa shape index (κ3) is 9.29. The van der Waals surface area contributed by atoms with Gasteiger partial charge >= 0.3 is 7.82 Å². The number of aliphatic imine (C=N–C) groups is 1. The van der Waals surface area contributed by atoms with Crippen molar-refractivity contribution in [1.82, 2.24) is 4.90 Å². The zero-order valence-electron chi connectivity index (χ0n) is 11.7. The van der Waals surface area contributed by atoms with E-state index in [1.54, 1.807) is 0 Å². The maximum Gasteiger partial charge on any atom is 0.469 e. The Labute approximate surface area is 122 Å². The maximum absolute atomic E-state index is 10.9. The summed E-state index contributed by atoms with van der Waals surface area (Å²) >= 11 is 0. The van der Waals surface area contributed by atoms with Crippen molar-refractivity contribution < 1.29 is 33.5 Å². The summed E-state index contributed by atoms with van der Waals surface area (Å²) in [6, 6.07) is 0. The summed E-state index contributed by atoms with van der Waals surface area (Å²) < 4.78 is 19.8. The maximum atomic E-state index is 10.9. The second-order valence-corrected chi connectivity index (χ2v) is 5.12. The van der Waals surface area contributed by atoms with E-state index in [2.05, 4.69) is 9.52 Å². The van der Waals surface area contributed by atoms with Crippen LogP contribution in [0.1, 0.15) is 6.42 Å². The first kappa shape index (κ1) is 19.7. The van der Waals surface area contributed by atoms with Gasteiger partial charge in [-0.1, -0.05) is 0 Å². The normalized spacial score (nSPS) is 16.0. The first-order chi connectivity index (χ1) is 9.73. The number of hydrogen-bond acceptors (Lipinski definition) is 6. The summed E-state index contributed by atoms with van der Waals surface area (Å²) in [5.41, 5.74) is 5.41. The van der Waals surface area contributed by atoms with Gasteiger partial charge in [-0.05, 0) is 6.08 Å². The minimum atomic E-state index is -4.63. The number of phosphoric ester groups is 1. The van der Waals surface area contributed by atoms with Crippen LogP contribution in [0, 0.1) is 0 Å². The lowest BCUT2D eigenvalue weighted by molar-refractivity contribution is -0.125. The number of carbonyl (C=O) groups excluding carboxylic acids is 1. The summed E-state index contributed by atoms with van der Waals surface area (Å²) in [7, 11) is -1.89. The Hall–Kier alpha value is -1.29. The molecular weight excluding hydrogens is 305 g/mol. The Bertz CT molecular complexity index is 423. The molecule has 0 fully saturated rings. The van der Waals surface area contributed by atoms with E-state index in [1.807, 2.05) is 0 Å². The van der Waals surface area contributed by atoms with Crippen molar-refractivity contribution in [2.24, 2.45) is 10.7 Å². The van der Waals surface area contributed by atoms with Gasteiger partial charge in [0, 0.05) is 26.8 Å². The zero-order valence-corrected chi connectivity index (χ0v) is 12.6. The fraction of sp³-hybridized carbons (Fsp3) is 0.600. The third-order valence-electron chi connectivity index (χ3n) is 2.38. The highest BCUT2D eigenvalue weighted by molar-refractivity contribution is 7.46. The molecule has 2 atom stereocenters. The Morgan fingerprint density at radius 2 is 2.14 bits per heavy atom. The van der Waals surface area contributed by atoms with Crippen molar-refractivity contribution in [1.29, 1.82) is 0 Å². The molecule has 1 amide bonds. The molecule has 0 saturated carbocycles. The molecule has 0 radical (unpaired) electrons. The minimum Gasteiger partial charge on any atom is -0.384 e. The van der Waals surface area contributed by atoms with E-state index >= 15 is 0 Å². The van der Waals surface area contributed by atoms with Gasteiger partial charge < -0.3 is 25.4 Å². The number of amides is 1. The molecule has 0 bridgehead atoms. The van der Waals surface area contributed by atoms with E-state index in [1.165, 1.54) is 26.4 Å². The fourth-order valence-electron chi connectivity index (χ4n) is 1.21. The topological polar surface area (TPSA) is 155 Å². The van der Waals surface area contributed by atoms with Crippen LogP contribution in [0.2, 0.25) is 0 Å². The molecular formula is C10H20N3O7P. The predicted molar refractivity (Wildman–Crippen MR) is 74.0 cm³/mol. The molecule has 0 aliphatic heterocycles. The highest BCUT2D eigenvalue weighted by Gasteiger charge is 2.22. The second-order valence-electron chi connectivity index (χ2n) is 3.88. The molecule has 10 nitrogen and oxygen atoms in total. The van der Waals surface area contributed by atoms with Crippen LogP contribution >= 0.6 is 7.82 Å². The van der Waals surface area contributed by atoms with E-state index in [0.29, 0.717) is 6.41 Å². The highest BCUT2D eigenvalue weighted by atomic mass is 31.2. The molecule has 21 heavy (non-hydrogen) atoms. The first-order valence-electron chi connectivity index (χ1n) is 5.77. The average molecular weight is 325 g/mol. The van der Waals surface area contributed by atoms with Gasteiger partial charge in [-0.25, -0.2) is 4.57 Å². The van der Waals surface area contributed by atoms with Crippen molar-refractivity contribution in [3.8, 4) is 0 Å². The molecule has 0 aromatic carbocycles. The lowest BCUT2D eigenvalue weighted by Gasteiger charge is -2.24. The van der Waals surface area contributed by atoms with Crippen LogP contribution in [0.5, 0.6) is 0 Å². The summed E-state index contributed by atoms with van der Waals surface area (Å²) in [5.74, 6) is 0.155. The van der Waals surface area contributed by atoms with Crippen LogP contribution < -0.4 is 5.73 Å². The average Bonchev–Trinajstić information content (AvgIpc) is 2.42. The van der Waals surface area contributed by atoms with Crippen molar-refractivity contribution >= 4 is 20.1 Å². The zero-order chi connectivity index (χ0) is 16.5. The lowest BCUT2D eigenvalue weighted by Crippen LogP contribution is -2.35. The van der Waals surface area contributed by atoms with Crippen LogP contribution in [0.3, 0.4) is 0 Å². The number of hydrogen-bond donors (Lipinski definition) is 4.